The highest BCUT2D eigenvalue weighted by atomic mass is 19.1. The molecule has 158 valence electrons. The second-order valence-corrected chi connectivity index (χ2v) is 8.04. The van der Waals surface area contributed by atoms with E-state index in [1.807, 2.05) is 56.3 Å². The lowest BCUT2D eigenvalue weighted by atomic mass is 9.95. The van der Waals surface area contributed by atoms with Crippen molar-refractivity contribution in [2.45, 2.75) is 39.2 Å². The molecule has 2 aromatic carbocycles. The number of carbonyl (C=O) groups excluding carboxylic acids is 1. The van der Waals surface area contributed by atoms with Crippen LogP contribution in [0.4, 0.5) is 10.1 Å². The SMILES string of the molecule is COC(C)(C)CCc1ccc(-c2ccccc2)c(NC(=O)c2c(C)nn(C)c2F)c1. The van der Waals surface area contributed by atoms with Gasteiger partial charge < -0.3 is 10.1 Å². The van der Waals surface area contributed by atoms with Gasteiger partial charge in [-0.3, -0.25) is 4.79 Å². The molecule has 1 heterocycles. The Morgan fingerprint density at radius 2 is 1.90 bits per heavy atom. The molecule has 0 radical (unpaired) electrons. The lowest BCUT2D eigenvalue weighted by Gasteiger charge is -2.23. The number of rotatable bonds is 7. The highest BCUT2D eigenvalue weighted by molar-refractivity contribution is 6.07. The fourth-order valence-electron chi connectivity index (χ4n) is 3.34. The lowest BCUT2D eigenvalue weighted by molar-refractivity contribution is 0.0158. The zero-order valence-corrected chi connectivity index (χ0v) is 18.1. The molecule has 1 N–H and O–H groups in total. The summed E-state index contributed by atoms with van der Waals surface area (Å²) in [5, 5.41) is 6.91. The summed E-state index contributed by atoms with van der Waals surface area (Å²) in [5.41, 5.74) is 3.63. The van der Waals surface area contributed by atoms with E-state index in [0.29, 0.717) is 11.4 Å². The van der Waals surface area contributed by atoms with Crippen molar-refractivity contribution in [3.05, 3.63) is 71.3 Å². The standard InChI is InChI=1S/C24H28FN3O2/c1-16-21(22(25)28(4)27-16)23(29)26-20-15-17(13-14-24(2,3)30-5)11-12-19(20)18-9-7-6-8-10-18/h6-12,15H,13-14H2,1-5H3,(H,26,29). The second kappa shape index (κ2) is 8.79. The van der Waals surface area contributed by atoms with E-state index in [2.05, 4.69) is 16.5 Å². The van der Waals surface area contributed by atoms with E-state index in [-0.39, 0.29) is 11.2 Å². The molecule has 0 fully saturated rings. The van der Waals surface area contributed by atoms with Gasteiger partial charge >= 0.3 is 0 Å². The Morgan fingerprint density at radius 1 is 1.20 bits per heavy atom. The Hall–Kier alpha value is -2.99. The molecule has 0 aliphatic heterocycles. The number of benzene rings is 2. The van der Waals surface area contributed by atoms with Crippen LogP contribution in [0.3, 0.4) is 0 Å². The number of hydrogen-bond donors (Lipinski definition) is 1. The highest BCUT2D eigenvalue weighted by Gasteiger charge is 2.22. The minimum atomic E-state index is -0.649. The third kappa shape index (κ3) is 4.76. The molecule has 1 aromatic heterocycles. The smallest absolute Gasteiger partial charge is 0.262 e. The van der Waals surface area contributed by atoms with Crippen LogP contribution in [0.1, 0.15) is 41.9 Å². The molecule has 0 saturated heterocycles. The van der Waals surface area contributed by atoms with Crippen LogP contribution >= 0.6 is 0 Å². The summed E-state index contributed by atoms with van der Waals surface area (Å²) >= 11 is 0. The first-order valence-corrected chi connectivity index (χ1v) is 9.96. The Morgan fingerprint density at radius 3 is 2.50 bits per heavy atom. The maximum Gasteiger partial charge on any atom is 0.262 e. The summed E-state index contributed by atoms with van der Waals surface area (Å²) in [7, 11) is 3.18. The first-order chi connectivity index (χ1) is 14.2. The number of anilines is 1. The molecule has 6 heteroatoms. The summed E-state index contributed by atoms with van der Waals surface area (Å²) in [6, 6.07) is 15.8. The van der Waals surface area contributed by atoms with Crippen LogP contribution in [0.15, 0.2) is 48.5 Å². The molecule has 0 aliphatic carbocycles. The molecule has 0 atom stereocenters. The monoisotopic (exact) mass is 409 g/mol. The minimum absolute atomic E-state index is 0.0394. The predicted octanol–water partition coefficient (Wildman–Crippen LogP) is 5.14. The van der Waals surface area contributed by atoms with Crippen molar-refractivity contribution in [1.82, 2.24) is 9.78 Å². The van der Waals surface area contributed by atoms with Crippen molar-refractivity contribution >= 4 is 11.6 Å². The molecular formula is C24H28FN3O2. The van der Waals surface area contributed by atoms with Gasteiger partial charge in [0.1, 0.15) is 5.56 Å². The Labute approximate surface area is 176 Å². The molecule has 0 saturated carbocycles. The van der Waals surface area contributed by atoms with Crippen molar-refractivity contribution in [3.63, 3.8) is 0 Å². The van der Waals surface area contributed by atoms with Crippen molar-refractivity contribution in [2.75, 3.05) is 12.4 Å². The number of methoxy groups -OCH3 is 1. The van der Waals surface area contributed by atoms with Crippen LogP contribution in [0, 0.1) is 12.9 Å². The van der Waals surface area contributed by atoms with E-state index in [4.69, 9.17) is 4.74 Å². The molecule has 30 heavy (non-hydrogen) atoms. The van der Waals surface area contributed by atoms with Gasteiger partial charge in [0, 0.05) is 25.4 Å². The summed E-state index contributed by atoms with van der Waals surface area (Å²) in [5.74, 6) is -1.16. The van der Waals surface area contributed by atoms with E-state index in [0.717, 1.165) is 34.2 Å². The molecular weight excluding hydrogens is 381 g/mol. The van der Waals surface area contributed by atoms with Crippen LogP contribution in [0.2, 0.25) is 0 Å². The van der Waals surface area contributed by atoms with E-state index >= 15 is 0 Å². The average Bonchev–Trinajstić information content (AvgIpc) is 2.99. The molecule has 0 unspecified atom stereocenters. The van der Waals surface area contributed by atoms with E-state index < -0.39 is 11.9 Å². The van der Waals surface area contributed by atoms with Crippen molar-refractivity contribution in [2.24, 2.45) is 7.05 Å². The van der Waals surface area contributed by atoms with Crippen LogP contribution < -0.4 is 5.32 Å². The van der Waals surface area contributed by atoms with Gasteiger partial charge in [0.25, 0.3) is 5.91 Å². The van der Waals surface area contributed by atoms with Gasteiger partial charge in [-0.1, -0.05) is 42.5 Å². The number of amides is 1. The largest absolute Gasteiger partial charge is 0.379 e. The quantitative estimate of drug-likeness (QED) is 0.587. The Kier molecular flexibility index (Phi) is 6.37. The van der Waals surface area contributed by atoms with Crippen LogP contribution in [0.5, 0.6) is 0 Å². The molecule has 0 aliphatic rings. The van der Waals surface area contributed by atoms with Gasteiger partial charge in [-0.05, 0) is 50.8 Å². The minimum Gasteiger partial charge on any atom is -0.379 e. The third-order valence-electron chi connectivity index (χ3n) is 5.36. The van der Waals surface area contributed by atoms with Crippen LogP contribution in [-0.2, 0) is 18.2 Å². The average molecular weight is 410 g/mol. The summed E-state index contributed by atoms with van der Waals surface area (Å²) in [6.45, 7) is 5.71. The van der Waals surface area contributed by atoms with Gasteiger partial charge in [-0.2, -0.15) is 9.49 Å². The number of carbonyl (C=O) groups is 1. The van der Waals surface area contributed by atoms with Crippen molar-refractivity contribution in [1.29, 1.82) is 0 Å². The number of aromatic nitrogens is 2. The number of ether oxygens (including phenoxy) is 1. The fraction of sp³-hybridized carbons (Fsp3) is 0.333. The molecule has 1 amide bonds. The van der Waals surface area contributed by atoms with Crippen LogP contribution in [-0.4, -0.2) is 28.4 Å². The normalized spacial score (nSPS) is 11.5. The first-order valence-electron chi connectivity index (χ1n) is 9.96. The topological polar surface area (TPSA) is 56.1 Å². The lowest BCUT2D eigenvalue weighted by Crippen LogP contribution is -2.23. The number of hydrogen-bond acceptors (Lipinski definition) is 3. The van der Waals surface area contributed by atoms with Gasteiger partial charge in [0.2, 0.25) is 5.95 Å². The third-order valence-corrected chi connectivity index (χ3v) is 5.36. The van der Waals surface area contributed by atoms with Gasteiger partial charge in [-0.15, -0.1) is 0 Å². The maximum absolute atomic E-state index is 14.4. The maximum atomic E-state index is 14.4. The summed E-state index contributed by atoms with van der Waals surface area (Å²) in [6.07, 6.45) is 1.62. The van der Waals surface area contributed by atoms with Gasteiger partial charge in [0.05, 0.1) is 11.3 Å². The zero-order valence-electron chi connectivity index (χ0n) is 18.1. The van der Waals surface area contributed by atoms with Gasteiger partial charge in [-0.25, -0.2) is 4.68 Å². The Balaban J connectivity index is 1.96. The second-order valence-electron chi connectivity index (χ2n) is 8.04. The van der Waals surface area contributed by atoms with E-state index in [9.17, 15) is 9.18 Å². The zero-order chi connectivity index (χ0) is 21.9. The number of aryl methyl sites for hydroxylation is 3. The molecule has 0 spiro atoms. The highest BCUT2D eigenvalue weighted by Crippen LogP contribution is 2.31. The number of nitrogens with zero attached hydrogens (tertiary/aromatic N) is 2. The summed E-state index contributed by atoms with van der Waals surface area (Å²) in [4.78, 5) is 12.9. The first kappa shape index (κ1) is 21.7. The molecule has 5 nitrogen and oxygen atoms in total. The van der Waals surface area contributed by atoms with Gasteiger partial charge in [0.15, 0.2) is 0 Å². The van der Waals surface area contributed by atoms with Crippen molar-refractivity contribution in [3.8, 4) is 11.1 Å². The summed E-state index contributed by atoms with van der Waals surface area (Å²) < 4.78 is 21.0. The molecule has 0 bridgehead atoms. The predicted molar refractivity (Wildman–Crippen MR) is 117 cm³/mol. The van der Waals surface area contributed by atoms with Crippen LogP contribution in [0.25, 0.3) is 11.1 Å². The van der Waals surface area contributed by atoms with E-state index in [1.54, 1.807) is 14.0 Å². The molecule has 3 aromatic rings. The Bertz CT molecular complexity index is 1040. The van der Waals surface area contributed by atoms with Crippen molar-refractivity contribution < 1.29 is 13.9 Å². The number of halogens is 1. The fourth-order valence-corrected chi connectivity index (χ4v) is 3.34. The number of nitrogens with one attached hydrogen (secondary N) is 1. The van der Waals surface area contributed by atoms with E-state index in [1.165, 1.54) is 7.05 Å². The molecule has 3 rings (SSSR count).